The summed E-state index contributed by atoms with van der Waals surface area (Å²) in [6.45, 7) is 0.229. The molecule has 0 aliphatic rings. The molecular formula is C15H12N4O5. The summed E-state index contributed by atoms with van der Waals surface area (Å²) in [5.74, 6) is -0.921. The molecule has 9 heteroatoms. The third kappa shape index (κ3) is 3.14. The molecular weight excluding hydrogens is 316 g/mol. The molecule has 3 heterocycles. The Bertz CT molecular complexity index is 921. The van der Waals surface area contributed by atoms with Crippen molar-refractivity contribution in [3.8, 4) is 0 Å². The van der Waals surface area contributed by atoms with Crippen molar-refractivity contribution >= 4 is 29.0 Å². The second kappa shape index (κ2) is 6.32. The van der Waals surface area contributed by atoms with Gasteiger partial charge in [-0.25, -0.2) is 24.5 Å². The minimum absolute atomic E-state index is 0.110. The summed E-state index contributed by atoms with van der Waals surface area (Å²) >= 11 is 0. The van der Waals surface area contributed by atoms with Gasteiger partial charge in [0.1, 0.15) is 5.76 Å². The third-order valence-electron chi connectivity index (χ3n) is 3.14. The molecule has 2 N–H and O–H groups in total. The fourth-order valence-electron chi connectivity index (χ4n) is 2.03. The fraction of sp³-hybridized carbons (Fsp3) is 0.133. The summed E-state index contributed by atoms with van der Waals surface area (Å²) in [6, 6.07) is 4.62. The van der Waals surface area contributed by atoms with Crippen molar-refractivity contribution < 1.29 is 23.8 Å². The van der Waals surface area contributed by atoms with Gasteiger partial charge in [-0.3, -0.25) is 0 Å². The number of anilines is 1. The first-order valence-corrected chi connectivity index (χ1v) is 6.84. The molecule has 0 amide bonds. The number of nitrogens with zero attached hydrogens (tertiary/aromatic N) is 3. The first kappa shape index (κ1) is 15.4. The standard InChI is InChI=1S/C15H12N4O5/c1-23-14(22)9-4-8-5-10(24-12(8)17-6-9)7-18-15-16-3-2-11(19-15)13(20)21/h2-6H,7H2,1H3,(H,20,21)(H,16,18,19). The van der Waals surface area contributed by atoms with E-state index in [2.05, 4.69) is 25.0 Å². The molecule has 24 heavy (non-hydrogen) atoms. The number of carboxylic acid groups (broad SMARTS) is 1. The SMILES string of the molecule is COC(=O)c1cnc2oc(CNc3nccc(C(=O)O)n3)cc2c1. The minimum Gasteiger partial charge on any atom is -0.477 e. The number of rotatable bonds is 5. The van der Waals surface area contributed by atoms with Crippen molar-refractivity contribution in [2.24, 2.45) is 0 Å². The molecule has 9 nitrogen and oxygen atoms in total. The molecule has 0 radical (unpaired) electrons. The second-order valence-electron chi connectivity index (χ2n) is 4.75. The largest absolute Gasteiger partial charge is 0.477 e. The molecule has 0 atom stereocenters. The maximum absolute atomic E-state index is 11.5. The van der Waals surface area contributed by atoms with Crippen molar-refractivity contribution in [2.45, 2.75) is 6.54 Å². The monoisotopic (exact) mass is 328 g/mol. The van der Waals surface area contributed by atoms with Gasteiger partial charge < -0.3 is 19.6 Å². The topological polar surface area (TPSA) is 127 Å². The van der Waals surface area contributed by atoms with Crippen LogP contribution < -0.4 is 5.32 Å². The summed E-state index contributed by atoms with van der Waals surface area (Å²) in [4.78, 5) is 34.2. The normalized spacial score (nSPS) is 10.5. The van der Waals surface area contributed by atoms with Gasteiger partial charge in [-0.2, -0.15) is 0 Å². The number of aromatic nitrogens is 3. The van der Waals surface area contributed by atoms with Crippen LogP contribution in [-0.2, 0) is 11.3 Å². The van der Waals surface area contributed by atoms with Crippen molar-refractivity contribution in [3.63, 3.8) is 0 Å². The summed E-state index contributed by atoms with van der Waals surface area (Å²) in [6.07, 6.45) is 2.72. The first-order valence-electron chi connectivity index (χ1n) is 6.84. The van der Waals surface area contributed by atoms with Crippen LogP contribution in [-0.4, -0.2) is 39.1 Å². The Hall–Kier alpha value is -3.49. The highest BCUT2D eigenvalue weighted by atomic mass is 16.5. The van der Waals surface area contributed by atoms with Crippen LogP contribution in [0.5, 0.6) is 0 Å². The average molecular weight is 328 g/mol. The fourth-order valence-corrected chi connectivity index (χ4v) is 2.03. The molecule has 0 saturated carbocycles. The van der Waals surface area contributed by atoms with Gasteiger partial charge in [0.2, 0.25) is 11.7 Å². The average Bonchev–Trinajstić information content (AvgIpc) is 3.01. The van der Waals surface area contributed by atoms with E-state index >= 15 is 0 Å². The Morgan fingerprint density at radius 3 is 2.92 bits per heavy atom. The summed E-state index contributed by atoms with van der Waals surface area (Å²) < 4.78 is 10.2. The van der Waals surface area contributed by atoms with Crippen LogP contribution in [0.1, 0.15) is 26.6 Å². The predicted molar refractivity (Wildman–Crippen MR) is 81.7 cm³/mol. The Morgan fingerprint density at radius 2 is 2.17 bits per heavy atom. The molecule has 0 unspecified atom stereocenters. The van der Waals surface area contributed by atoms with Gasteiger partial charge in [-0.1, -0.05) is 0 Å². The number of methoxy groups -OCH3 is 1. The van der Waals surface area contributed by atoms with Crippen LogP contribution in [0.25, 0.3) is 11.1 Å². The van der Waals surface area contributed by atoms with Crippen molar-refractivity contribution in [3.05, 3.63) is 47.6 Å². The summed E-state index contributed by atoms with van der Waals surface area (Å²) in [7, 11) is 1.29. The highest BCUT2D eigenvalue weighted by molar-refractivity contribution is 5.92. The van der Waals surface area contributed by atoms with E-state index in [-0.39, 0.29) is 18.2 Å². The van der Waals surface area contributed by atoms with E-state index < -0.39 is 11.9 Å². The van der Waals surface area contributed by atoms with Crippen LogP contribution >= 0.6 is 0 Å². The smallest absolute Gasteiger partial charge is 0.354 e. The molecule has 0 aliphatic carbocycles. The molecule has 3 aromatic heterocycles. The van der Waals surface area contributed by atoms with E-state index in [9.17, 15) is 9.59 Å². The Kier molecular flexibility index (Phi) is 4.06. The van der Waals surface area contributed by atoms with Gasteiger partial charge >= 0.3 is 11.9 Å². The van der Waals surface area contributed by atoms with Gasteiger partial charge in [-0.15, -0.1) is 0 Å². The molecule has 0 saturated heterocycles. The quantitative estimate of drug-likeness (QED) is 0.673. The molecule has 0 fully saturated rings. The minimum atomic E-state index is -1.14. The molecule has 3 aromatic rings. The maximum atomic E-state index is 11.5. The number of fused-ring (bicyclic) bond motifs is 1. The van der Waals surface area contributed by atoms with Gasteiger partial charge in [-0.05, 0) is 18.2 Å². The van der Waals surface area contributed by atoms with E-state index in [0.717, 1.165) is 0 Å². The lowest BCUT2D eigenvalue weighted by Gasteiger charge is -2.02. The number of carbonyl (C=O) groups excluding carboxylic acids is 1. The zero-order valence-corrected chi connectivity index (χ0v) is 12.5. The highest BCUT2D eigenvalue weighted by Crippen LogP contribution is 2.19. The number of pyridine rings is 1. The molecule has 0 aromatic carbocycles. The Balaban J connectivity index is 1.77. The van der Waals surface area contributed by atoms with E-state index in [1.165, 1.54) is 25.6 Å². The molecule has 0 aliphatic heterocycles. The van der Waals surface area contributed by atoms with Gasteiger partial charge in [0.15, 0.2) is 5.69 Å². The van der Waals surface area contributed by atoms with Gasteiger partial charge in [0.05, 0.1) is 19.2 Å². The van der Waals surface area contributed by atoms with Gasteiger partial charge in [0, 0.05) is 17.8 Å². The van der Waals surface area contributed by atoms with E-state index in [4.69, 9.17) is 9.52 Å². The van der Waals surface area contributed by atoms with Crippen molar-refractivity contribution in [1.82, 2.24) is 15.0 Å². The molecule has 122 valence electrons. The maximum Gasteiger partial charge on any atom is 0.354 e. The lowest BCUT2D eigenvalue weighted by molar-refractivity contribution is 0.0599. The second-order valence-corrected chi connectivity index (χ2v) is 4.75. The highest BCUT2D eigenvalue weighted by Gasteiger charge is 2.11. The van der Waals surface area contributed by atoms with E-state index in [1.54, 1.807) is 12.1 Å². The molecule has 0 bridgehead atoms. The van der Waals surface area contributed by atoms with Crippen molar-refractivity contribution in [2.75, 3.05) is 12.4 Å². The number of hydrogen-bond donors (Lipinski definition) is 2. The zero-order chi connectivity index (χ0) is 17.1. The number of nitrogens with one attached hydrogen (secondary N) is 1. The van der Waals surface area contributed by atoms with Crippen LogP contribution in [0.2, 0.25) is 0 Å². The van der Waals surface area contributed by atoms with E-state index in [1.807, 2.05) is 0 Å². The first-order chi connectivity index (χ1) is 11.6. The Morgan fingerprint density at radius 1 is 1.33 bits per heavy atom. The van der Waals surface area contributed by atoms with Crippen LogP contribution in [0.3, 0.4) is 0 Å². The lowest BCUT2D eigenvalue weighted by Crippen LogP contribution is -2.07. The predicted octanol–water partition coefficient (Wildman–Crippen LogP) is 1.71. The number of carbonyl (C=O) groups is 2. The Labute approximate surface area is 135 Å². The van der Waals surface area contributed by atoms with Crippen LogP contribution in [0.4, 0.5) is 5.95 Å². The lowest BCUT2D eigenvalue weighted by atomic mass is 10.2. The molecule has 0 spiro atoms. The van der Waals surface area contributed by atoms with Gasteiger partial charge in [0.25, 0.3) is 0 Å². The van der Waals surface area contributed by atoms with E-state index in [0.29, 0.717) is 22.4 Å². The molecule has 3 rings (SSSR count). The number of esters is 1. The number of ether oxygens (including phenoxy) is 1. The third-order valence-corrected chi connectivity index (χ3v) is 3.14. The number of aromatic carboxylic acids is 1. The summed E-state index contributed by atoms with van der Waals surface area (Å²) in [5, 5.41) is 12.4. The summed E-state index contributed by atoms with van der Waals surface area (Å²) in [5.41, 5.74) is 0.587. The van der Waals surface area contributed by atoms with Crippen molar-refractivity contribution in [1.29, 1.82) is 0 Å². The number of hydrogen-bond acceptors (Lipinski definition) is 8. The zero-order valence-electron chi connectivity index (χ0n) is 12.5. The van der Waals surface area contributed by atoms with Crippen LogP contribution in [0.15, 0.2) is 35.0 Å². The van der Waals surface area contributed by atoms with Crippen LogP contribution in [0, 0.1) is 0 Å². The number of carboxylic acids is 1. The number of furan rings is 1.